The van der Waals surface area contributed by atoms with Gasteiger partial charge in [-0.25, -0.2) is 8.42 Å². The number of benzene rings is 2. The molecule has 0 aliphatic carbocycles. The molecule has 0 spiro atoms. The highest BCUT2D eigenvalue weighted by molar-refractivity contribution is 7.89. The SMILES string of the molecule is Cc1ccc(S(=O)(=O)N2CCC[C@@H]2C(=O)Nc2c(C)cc(C)cc2C)cc1. The second kappa shape index (κ2) is 7.44. The molecule has 1 atom stereocenters. The van der Waals surface area contributed by atoms with Gasteiger partial charge in [0.05, 0.1) is 4.90 Å². The van der Waals surface area contributed by atoms with Gasteiger partial charge in [-0.1, -0.05) is 35.4 Å². The molecule has 2 aromatic rings. The number of rotatable bonds is 4. The van der Waals surface area contributed by atoms with Crippen molar-refractivity contribution in [2.45, 2.75) is 51.5 Å². The van der Waals surface area contributed by atoms with Gasteiger partial charge in [-0.15, -0.1) is 0 Å². The maximum Gasteiger partial charge on any atom is 0.243 e. The molecule has 0 unspecified atom stereocenters. The molecule has 0 aromatic heterocycles. The van der Waals surface area contributed by atoms with E-state index in [2.05, 4.69) is 5.32 Å². The molecule has 3 rings (SSSR count). The highest BCUT2D eigenvalue weighted by atomic mass is 32.2. The van der Waals surface area contributed by atoms with Crippen molar-refractivity contribution in [3.63, 3.8) is 0 Å². The normalized spacial score (nSPS) is 17.9. The Morgan fingerprint density at radius 2 is 1.59 bits per heavy atom. The predicted molar refractivity (Wildman–Crippen MR) is 107 cm³/mol. The van der Waals surface area contributed by atoms with Crippen LogP contribution in [0.4, 0.5) is 5.69 Å². The summed E-state index contributed by atoms with van der Waals surface area (Å²) in [4.78, 5) is 13.2. The van der Waals surface area contributed by atoms with E-state index in [1.54, 1.807) is 24.3 Å². The van der Waals surface area contributed by atoms with Crippen molar-refractivity contribution < 1.29 is 13.2 Å². The summed E-state index contributed by atoms with van der Waals surface area (Å²) in [7, 11) is -3.70. The van der Waals surface area contributed by atoms with E-state index in [1.165, 1.54) is 4.31 Å². The summed E-state index contributed by atoms with van der Waals surface area (Å²) in [6.45, 7) is 8.18. The first-order valence-electron chi connectivity index (χ1n) is 9.17. The highest BCUT2D eigenvalue weighted by Crippen LogP contribution is 2.28. The van der Waals surface area contributed by atoms with Crippen LogP contribution in [0.25, 0.3) is 0 Å². The van der Waals surface area contributed by atoms with Crippen LogP contribution < -0.4 is 5.32 Å². The van der Waals surface area contributed by atoms with Gasteiger partial charge >= 0.3 is 0 Å². The third kappa shape index (κ3) is 3.92. The lowest BCUT2D eigenvalue weighted by atomic mass is 10.0. The lowest BCUT2D eigenvalue weighted by molar-refractivity contribution is -0.119. The molecule has 6 heteroatoms. The van der Waals surface area contributed by atoms with E-state index in [9.17, 15) is 13.2 Å². The molecular weight excluding hydrogens is 360 g/mol. The molecule has 1 amide bonds. The zero-order chi connectivity index (χ0) is 19.8. The Morgan fingerprint density at radius 1 is 1.00 bits per heavy atom. The molecular formula is C21H26N2O3S. The molecule has 0 saturated carbocycles. The Hall–Kier alpha value is -2.18. The van der Waals surface area contributed by atoms with E-state index < -0.39 is 16.1 Å². The van der Waals surface area contributed by atoms with Gasteiger partial charge < -0.3 is 5.32 Å². The van der Waals surface area contributed by atoms with Crippen molar-refractivity contribution in [1.82, 2.24) is 4.31 Å². The number of anilines is 1. The molecule has 27 heavy (non-hydrogen) atoms. The third-order valence-corrected chi connectivity index (χ3v) is 6.98. The molecule has 5 nitrogen and oxygen atoms in total. The van der Waals surface area contributed by atoms with Crippen molar-refractivity contribution in [2.24, 2.45) is 0 Å². The Kier molecular flexibility index (Phi) is 5.40. The van der Waals surface area contributed by atoms with E-state index in [-0.39, 0.29) is 10.8 Å². The van der Waals surface area contributed by atoms with E-state index in [0.29, 0.717) is 19.4 Å². The molecule has 1 fully saturated rings. The van der Waals surface area contributed by atoms with Crippen LogP contribution in [0.5, 0.6) is 0 Å². The van der Waals surface area contributed by atoms with Crippen molar-refractivity contribution >= 4 is 21.6 Å². The number of hydrogen-bond donors (Lipinski definition) is 1. The second-order valence-electron chi connectivity index (χ2n) is 7.35. The lowest BCUT2D eigenvalue weighted by Gasteiger charge is -2.24. The zero-order valence-electron chi connectivity index (χ0n) is 16.2. The van der Waals surface area contributed by atoms with Gasteiger partial charge in [0.2, 0.25) is 15.9 Å². The Balaban J connectivity index is 1.86. The van der Waals surface area contributed by atoms with Gasteiger partial charge in [0.25, 0.3) is 0 Å². The van der Waals surface area contributed by atoms with E-state index in [1.807, 2.05) is 39.8 Å². The summed E-state index contributed by atoms with van der Waals surface area (Å²) >= 11 is 0. The van der Waals surface area contributed by atoms with Gasteiger partial charge in [-0.05, 0) is 63.8 Å². The predicted octanol–water partition coefficient (Wildman–Crippen LogP) is 3.71. The summed E-state index contributed by atoms with van der Waals surface area (Å²) in [6.07, 6.45) is 1.20. The molecule has 1 aliphatic rings. The fourth-order valence-electron chi connectivity index (χ4n) is 3.72. The molecule has 144 valence electrons. The summed E-state index contributed by atoms with van der Waals surface area (Å²) in [5.74, 6) is -0.266. The zero-order valence-corrected chi connectivity index (χ0v) is 17.1. The number of sulfonamides is 1. The van der Waals surface area contributed by atoms with Crippen molar-refractivity contribution in [3.05, 3.63) is 58.7 Å². The molecule has 1 N–H and O–H groups in total. The topological polar surface area (TPSA) is 66.5 Å². The van der Waals surface area contributed by atoms with Gasteiger partial charge in [-0.2, -0.15) is 4.31 Å². The van der Waals surface area contributed by atoms with Crippen LogP contribution in [0, 0.1) is 27.7 Å². The molecule has 1 aliphatic heterocycles. The van der Waals surface area contributed by atoms with Crippen LogP contribution in [-0.2, 0) is 14.8 Å². The van der Waals surface area contributed by atoms with Crippen LogP contribution in [0.15, 0.2) is 41.3 Å². The minimum Gasteiger partial charge on any atom is -0.324 e. The number of amides is 1. The van der Waals surface area contributed by atoms with Crippen LogP contribution in [0.3, 0.4) is 0 Å². The third-order valence-electron chi connectivity index (χ3n) is 5.06. The number of carbonyl (C=O) groups excluding carboxylic acids is 1. The summed E-state index contributed by atoms with van der Waals surface area (Å²) in [5, 5.41) is 2.97. The van der Waals surface area contributed by atoms with E-state index >= 15 is 0 Å². The maximum absolute atomic E-state index is 13.0. The van der Waals surface area contributed by atoms with Crippen LogP contribution >= 0.6 is 0 Å². The molecule has 0 bridgehead atoms. The first-order valence-corrected chi connectivity index (χ1v) is 10.6. The quantitative estimate of drug-likeness (QED) is 0.871. The summed E-state index contributed by atoms with van der Waals surface area (Å²) in [5.41, 5.74) is 4.85. The minimum absolute atomic E-state index is 0.232. The highest BCUT2D eigenvalue weighted by Gasteiger charge is 2.39. The van der Waals surface area contributed by atoms with Crippen LogP contribution in [0.2, 0.25) is 0 Å². The summed E-state index contributed by atoms with van der Waals surface area (Å²) < 4.78 is 27.4. The summed E-state index contributed by atoms with van der Waals surface area (Å²) in [6, 6.07) is 10.1. The Bertz CT molecular complexity index is 942. The van der Waals surface area contributed by atoms with Gasteiger partial charge in [-0.3, -0.25) is 4.79 Å². The Labute approximate surface area is 161 Å². The van der Waals surface area contributed by atoms with Crippen LogP contribution in [0.1, 0.15) is 35.1 Å². The van der Waals surface area contributed by atoms with Crippen molar-refractivity contribution in [1.29, 1.82) is 0 Å². The van der Waals surface area contributed by atoms with Gasteiger partial charge in [0.1, 0.15) is 6.04 Å². The average molecular weight is 387 g/mol. The van der Waals surface area contributed by atoms with Gasteiger partial charge in [0, 0.05) is 12.2 Å². The maximum atomic E-state index is 13.0. The first-order chi connectivity index (χ1) is 12.7. The van der Waals surface area contributed by atoms with E-state index in [0.717, 1.165) is 27.9 Å². The monoisotopic (exact) mass is 386 g/mol. The van der Waals surface area contributed by atoms with Gasteiger partial charge in [0.15, 0.2) is 0 Å². The smallest absolute Gasteiger partial charge is 0.243 e. The number of carbonyl (C=O) groups is 1. The average Bonchev–Trinajstić information content (AvgIpc) is 3.09. The number of nitrogens with zero attached hydrogens (tertiary/aromatic N) is 1. The molecule has 1 saturated heterocycles. The lowest BCUT2D eigenvalue weighted by Crippen LogP contribution is -2.43. The molecule has 1 heterocycles. The van der Waals surface area contributed by atoms with Crippen molar-refractivity contribution in [3.8, 4) is 0 Å². The Morgan fingerprint density at radius 3 is 2.19 bits per heavy atom. The largest absolute Gasteiger partial charge is 0.324 e. The number of hydrogen-bond acceptors (Lipinski definition) is 3. The second-order valence-corrected chi connectivity index (χ2v) is 9.24. The van der Waals surface area contributed by atoms with E-state index in [4.69, 9.17) is 0 Å². The molecule has 0 radical (unpaired) electrons. The molecule has 2 aromatic carbocycles. The van der Waals surface area contributed by atoms with Crippen molar-refractivity contribution in [2.75, 3.05) is 11.9 Å². The number of nitrogens with one attached hydrogen (secondary N) is 1. The minimum atomic E-state index is -3.70. The number of aryl methyl sites for hydroxylation is 4. The van der Waals surface area contributed by atoms with Crippen LogP contribution in [-0.4, -0.2) is 31.2 Å². The fraction of sp³-hybridized carbons (Fsp3) is 0.381. The fourth-order valence-corrected chi connectivity index (χ4v) is 5.38. The standard InChI is InChI=1S/C21H26N2O3S/c1-14-7-9-18(10-8-14)27(25,26)23-11-5-6-19(23)21(24)22-20-16(3)12-15(2)13-17(20)4/h7-10,12-13,19H,5-6,11H2,1-4H3,(H,22,24)/t19-/m1/s1. The first kappa shape index (κ1) is 19.6.